The van der Waals surface area contributed by atoms with Crippen LogP contribution in [0, 0.1) is 0 Å². The zero-order valence-electron chi connectivity index (χ0n) is 15.9. The van der Waals surface area contributed by atoms with E-state index in [2.05, 4.69) is 4.98 Å². The van der Waals surface area contributed by atoms with Crippen molar-refractivity contribution in [1.29, 1.82) is 0 Å². The number of hydrogen-bond acceptors (Lipinski definition) is 7. The van der Waals surface area contributed by atoms with Gasteiger partial charge in [0.25, 0.3) is 5.56 Å². The third kappa shape index (κ3) is 4.04. The first-order valence-electron chi connectivity index (χ1n) is 9.32. The Morgan fingerprint density at radius 1 is 1.13 bits per heavy atom. The Morgan fingerprint density at radius 2 is 1.97 bits per heavy atom. The Morgan fingerprint density at radius 3 is 2.74 bits per heavy atom. The summed E-state index contributed by atoms with van der Waals surface area (Å²) in [7, 11) is 0. The van der Waals surface area contributed by atoms with Crippen LogP contribution in [0.2, 0.25) is 5.02 Å². The summed E-state index contributed by atoms with van der Waals surface area (Å²) in [5.41, 5.74) is 1.11. The van der Waals surface area contributed by atoms with Crippen molar-refractivity contribution in [1.82, 2.24) is 14.5 Å². The van der Waals surface area contributed by atoms with Gasteiger partial charge in [-0.2, -0.15) is 0 Å². The molecule has 9 heteroatoms. The average Bonchev–Trinajstić information content (AvgIpc) is 3.43. The fraction of sp³-hybridized carbons (Fsp3) is 0.0909. The largest absolute Gasteiger partial charge is 0.293 e. The highest BCUT2D eigenvalue weighted by atomic mass is 35.5. The number of thiophene rings is 2. The SMILES string of the molecule is O=C(CSc1nc2c(sc3ncccc32)c(=O)n1Cc1cccs1)c1ccc(Cl)cc1. The molecule has 0 aliphatic carbocycles. The van der Waals surface area contributed by atoms with Gasteiger partial charge in [-0.25, -0.2) is 9.97 Å². The molecule has 0 spiro atoms. The standard InChI is InChI=1S/C22H14ClN3O2S3/c23-14-7-5-13(6-8-14)17(27)12-30-22-25-18-16-4-1-9-24-20(16)31-19(18)21(28)26(22)11-15-3-2-10-29-15/h1-10H,11-12H2. The minimum Gasteiger partial charge on any atom is -0.293 e. The highest BCUT2D eigenvalue weighted by molar-refractivity contribution is 7.99. The number of hydrogen-bond donors (Lipinski definition) is 0. The molecule has 0 bridgehead atoms. The van der Waals surface area contributed by atoms with Crippen molar-refractivity contribution >= 4 is 72.3 Å². The molecular formula is C22H14ClN3O2S3. The number of thioether (sulfide) groups is 1. The molecule has 0 N–H and O–H groups in total. The van der Waals surface area contributed by atoms with Gasteiger partial charge in [-0.3, -0.25) is 14.2 Å². The molecule has 0 saturated heterocycles. The van der Waals surface area contributed by atoms with E-state index in [0.29, 0.717) is 32.5 Å². The monoisotopic (exact) mass is 483 g/mol. The number of rotatable bonds is 6. The summed E-state index contributed by atoms with van der Waals surface area (Å²) in [6, 6.07) is 14.5. The van der Waals surface area contributed by atoms with Crippen LogP contribution < -0.4 is 5.56 Å². The van der Waals surface area contributed by atoms with Crippen molar-refractivity contribution in [2.75, 3.05) is 5.75 Å². The predicted octanol–water partition coefficient (Wildman–Crippen LogP) is 5.74. The van der Waals surface area contributed by atoms with E-state index in [9.17, 15) is 9.59 Å². The molecular weight excluding hydrogens is 470 g/mol. The van der Waals surface area contributed by atoms with Crippen LogP contribution in [0.5, 0.6) is 0 Å². The van der Waals surface area contributed by atoms with Gasteiger partial charge >= 0.3 is 0 Å². The highest BCUT2D eigenvalue weighted by Gasteiger charge is 2.18. The number of aromatic nitrogens is 3. The van der Waals surface area contributed by atoms with Crippen molar-refractivity contribution in [2.24, 2.45) is 0 Å². The van der Waals surface area contributed by atoms with Crippen molar-refractivity contribution in [3.63, 3.8) is 0 Å². The van der Waals surface area contributed by atoms with Crippen LogP contribution in [-0.4, -0.2) is 26.1 Å². The maximum absolute atomic E-state index is 13.4. The van der Waals surface area contributed by atoms with E-state index in [-0.39, 0.29) is 17.1 Å². The molecule has 5 rings (SSSR count). The van der Waals surface area contributed by atoms with Gasteiger partial charge < -0.3 is 0 Å². The number of fused-ring (bicyclic) bond motifs is 3. The van der Waals surface area contributed by atoms with Crippen molar-refractivity contribution < 1.29 is 4.79 Å². The van der Waals surface area contributed by atoms with Gasteiger partial charge in [-0.15, -0.1) is 22.7 Å². The topological polar surface area (TPSA) is 64.8 Å². The number of nitrogens with zero attached hydrogens (tertiary/aromatic N) is 3. The molecule has 0 aliphatic heterocycles. The van der Waals surface area contributed by atoms with E-state index < -0.39 is 0 Å². The van der Waals surface area contributed by atoms with Gasteiger partial charge in [-0.05, 0) is 47.8 Å². The molecule has 0 radical (unpaired) electrons. The van der Waals surface area contributed by atoms with E-state index in [1.807, 2.05) is 29.6 Å². The molecule has 0 aliphatic rings. The smallest absolute Gasteiger partial charge is 0.272 e. The van der Waals surface area contributed by atoms with E-state index in [1.54, 1.807) is 46.4 Å². The summed E-state index contributed by atoms with van der Waals surface area (Å²) in [5, 5.41) is 3.94. The van der Waals surface area contributed by atoms with Gasteiger partial charge in [-0.1, -0.05) is 29.4 Å². The Bertz CT molecular complexity index is 1460. The molecule has 0 atom stereocenters. The van der Waals surface area contributed by atoms with Gasteiger partial charge in [0.2, 0.25) is 0 Å². The van der Waals surface area contributed by atoms with Crippen molar-refractivity contribution in [2.45, 2.75) is 11.7 Å². The van der Waals surface area contributed by atoms with Crippen LogP contribution in [0.1, 0.15) is 15.2 Å². The number of ketones is 1. The zero-order chi connectivity index (χ0) is 21.4. The molecule has 31 heavy (non-hydrogen) atoms. The first-order chi connectivity index (χ1) is 15.1. The second kappa shape index (κ2) is 8.55. The Kier molecular flexibility index (Phi) is 5.62. The molecule has 0 fully saturated rings. The molecule has 0 amide bonds. The molecule has 5 aromatic rings. The summed E-state index contributed by atoms with van der Waals surface area (Å²) in [5.74, 6) is 0.125. The minimum atomic E-state index is -0.108. The number of halogens is 1. The Hall–Kier alpha value is -2.52. The summed E-state index contributed by atoms with van der Waals surface area (Å²) < 4.78 is 2.24. The van der Waals surface area contributed by atoms with Gasteiger partial charge in [0.1, 0.15) is 9.53 Å². The number of pyridine rings is 1. The Labute approximate surface area is 194 Å². The lowest BCUT2D eigenvalue weighted by atomic mass is 10.1. The summed E-state index contributed by atoms with van der Waals surface area (Å²) in [4.78, 5) is 37.1. The highest BCUT2D eigenvalue weighted by Crippen LogP contribution is 2.31. The van der Waals surface area contributed by atoms with Crippen LogP contribution in [0.3, 0.4) is 0 Å². The second-order valence-electron chi connectivity index (χ2n) is 6.72. The van der Waals surface area contributed by atoms with E-state index >= 15 is 0 Å². The minimum absolute atomic E-state index is 0.0458. The van der Waals surface area contributed by atoms with E-state index in [1.165, 1.54) is 23.1 Å². The molecule has 1 aromatic carbocycles. The van der Waals surface area contributed by atoms with Crippen LogP contribution in [-0.2, 0) is 6.54 Å². The first-order valence-corrected chi connectivity index (χ1v) is 12.4. The fourth-order valence-electron chi connectivity index (χ4n) is 3.20. The third-order valence-corrected chi connectivity index (χ3v) is 7.89. The van der Waals surface area contributed by atoms with Crippen LogP contribution >= 0.6 is 46.0 Å². The summed E-state index contributed by atoms with van der Waals surface area (Å²) >= 11 is 10.1. The maximum Gasteiger partial charge on any atom is 0.272 e. The van der Waals surface area contributed by atoms with Crippen LogP contribution in [0.25, 0.3) is 20.4 Å². The first kappa shape index (κ1) is 20.4. The van der Waals surface area contributed by atoms with Gasteiger partial charge in [0.15, 0.2) is 10.9 Å². The maximum atomic E-state index is 13.4. The quantitative estimate of drug-likeness (QED) is 0.175. The summed E-state index contributed by atoms with van der Waals surface area (Å²) in [6.45, 7) is 0.415. The van der Waals surface area contributed by atoms with Gasteiger partial charge in [0, 0.05) is 27.0 Å². The van der Waals surface area contributed by atoms with Crippen LogP contribution in [0.15, 0.2) is 70.1 Å². The molecule has 4 heterocycles. The molecule has 5 nitrogen and oxygen atoms in total. The second-order valence-corrected chi connectivity index (χ2v) is 10.1. The number of benzene rings is 1. The van der Waals surface area contributed by atoms with Crippen LogP contribution in [0.4, 0.5) is 0 Å². The van der Waals surface area contributed by atoms with Gasteiger partial charge in [0.05, 0.1) is 17.8 Å². The molecule has 154 valence electrons. The molecule has 0 saturated carbocycles. The molecule has 0 unspecified atom stereocenters. The predicted molar refractivity (Wildman–Crippen MR) is 129 cm³/mol. The zero-order valence-corrected chi connectivity index (χ0v) is 19.2. The number of Topliss-reactive ketones (excluding diaryl/α,β-unsaturated/α-hetero) is 1. The summed E-state index contributed by atoms with van der Waals surface area (Å²) in [6.07, 6.45) is 1.71. The lowest BCUT2D eigenvalue weighted by Crippen LogP contribution is -2.23. The Balaban J connectivity index is 1.57. The number of carbonyl (C=O) groups excluding carboxylic acids is 1. The lowest BCUT2D eigenvalue weighted by molar-refractivity contribution is 0.102. The molecule has 4 aromatic heterocycles. The normalized spacial score (nSPS) is 11.4. The third-order valence-electron chi connectivity index (χ3n) is 4.71. The average molecular weight is 484 g/mol. The van der Waals surface area contributed by atoms with E-state index in [4.69, 9.17) is 16.6 Å². The van der Waals surface area contributed by atoms with E-state index in [0.717, 1.165) is 15.1 Å². The fourth-order valence-corrected chi connectivity index (χ4v) is 5.93. The van der Waals surface area contributed by atoms with Crippen molar-refractivity contribution in [3.8, 4) is 0 Å². The lowest BCUT2D eigenvalue weighted by Gasteiger charge is -2.11. The number of carbonyl (C=O) groups is 1. The van der Waals surface area contributed by atoms with Crippen molar-refractivity contribution in [3.05, 3.63) is 85.9 Å².